The summed E-state index contributed by atoms with van der Waals surface area (Å²) in [5, 5.41) is 0. The lowest BCUT2D eigenvalue weighted by atomic mass is 9.78. The molecule has 0 aliphatic heterocycles. The lowest BCUT2D eigenvalue weighted by Gasteiger charge is -2.36. The third-order valence-corrected chi connectivity index (χ3v) is 7.14. The maximum atomic E-state index is 13.0. The zero-order valence-electron chi connectivity index (χ0n) is 34.2. The molecule has 0 unspecified atom stereocenters. The van der Waals surface area contributed by atoms with Crippen molar-refractivity contribution in [3.05, 3.63) is 0 Å². The molecule has 0 atom stereocenters. The average molecular weight is 1070 g/mol. The van der Waals surface area contributed by atoms with Crippen LogP contribution in [0.3, 0.4) is 0 Å². The van der Waals surface area contributed by atoms with E-state index in [1.165, 1.54) is 9.80 Å². The number of carbonyl (C=O) groups excluding carboxylic acids is 6. The molecule has 68 heavy (non-hydrogen) atoms. The number of rotatable bonds is 15. The summed E-state index contributed by atoms with van der Waals surface area (Å²) in [5.74, 6) is -13.4. The van der Waals surface area contributed by atoms with Gasteiger partial charge in [0, 0.05) is 31.6 Å². The number of nitrogens with zero attached hydrogens (tertiary/aromatic N) is 3. The van der Waals surface area contributed by atoms with Crippen LogP contribution in [0.5, 0.6) is 0 Å². The number of likely N-dealkylation sites (N-methyl/N-ethyl adjacent to an activating group) is 2. The van der Waals surface area contributed by atoms with E-state index >= 15 is 0 Å². The van der Waals surface area contributed by atoms with Gasteiger partial charge in [0.05, 0.1) is 25.9 Å². The standard InChI is InChI=1S/C22H34F9N3O4.3C3F6O/c1-5-32(6-2)16(35)9-34(10-17(36)33(7-3)8-4)18(37)11-38-15-19(12-20(23,24)25,13-21(26,27)28)14-22(29,30)31;3*4-2(5,6)1(10)3(7,8)9/h5-15H2,1-4H3;;;. The minimum Gasteiger partial charge on any atom is -0.371 e. The van der Waals surface area contributed by atoms with Gasteiger partial charge in [-0.15, -0.1) is 0 Å². The molecule has 0 spiro atoms. The molecule has 0 saturated heterocycles. The minimum atomic E-state index is -5.82. The molecule has 0 N–H and O–H groups in total. The van der Waals surface area contributed by atoms with Crippen molar-refractivity contribution in [1.29, 1.82) is 0 Å². The van der Waals surface area contributed by atoms with Crippen molar-refractivity contribution >= 4 is 35.1 Å². The highest BCUT2D eigenvalue weighted by Gasteiger charge is 2.58. The predicted octanol–water partition coefficient (Wildman–Crippen LogP) is 9.45. The number of ketones is 3. The Kier molecular flexibility index (Phi) is 27.3. The third kappa shape index (κ3) is 31.5. The number of hydrogen-bond acceptors (Lipinski definition) is 7. The van der Waals surface area contributed by atoms with Gasteiger partial charge in [-0.1, -0.05) is 0 Å². The predicted molar refractivity (Wildman–Crippen MR) is 169 cm³/mol. The Morgan fingerprint density at radius 1 is 0.338 bits per heavy atom. The molecule has 0 saturated carbocycles. The van der Waals surface area contributed by atoms with Crippen LogP contribution in [0.15, 0.2) is 0 Å². The summed E-state index contributed by atoms with van der Waals surface area (Å²) >= 11 is 0. The van der Waals surface area contributed by atoms with Gasteiger partial charge >= 0.3 is 72.9 Å². The summed E-state index contributed by atoms with van der Waals surface area (Å²) in [4.78, 5) is 68.8. The second kappa shape index (κ2) is 26.5. The van der Waals surface area contributed by atoms with E-state index in [4.69, 9.17) is 4.74 Å². The molecule has 0 aliphatic carbocycles. The molecule has 0 fully saturated rings. The zero-order valence-corrected chi connectivity index (χ0v) is 34.2. The largest absolute Gasteiger partial charge is 0.459 e. The van der Waals surface area contributed by atoms with E-state index in [-0.39, 0.29) is 26.2 Å². The molecule has 10 nitrogen and oxygen atoms in total. The molecule has 404 valence electrons. The molecule has 3 amide bonds. The van der Waals surface area contributed by atoms with E-state index in [0.29, 0.717) is 4.90 Å². The molecule has 0 rings (SSSR count). The third-order valence-electron chi connectivity index (χ3n) is 7.14. The fraction of sp³-hybridized carbons (Fsp3) is 0.806. The molecular formula is C31H34F27N3O7. The van der Waals surface area contributed by atoms with Crippen LogP contribution in [0.1, 0.15) is 47.0 Å². The maximum Gasteiger partial charge on any atom is 0.459 e. The van der Waals surface area contributed by atoms with Crippen LogP contribution in [0.4, 0.5) is 119 Å². The number of Topliss-reactive ketones (excluding diaryl/α,β-unsaturated/α-hetero) is 3. The first kappa shape index (κ1) is 70.1. The van der Waals surface area contributed by atoms with Gasteiger partial charge in [-0.25, -0.2) is 0 Å². The van der Waals surface area contributed by atoms with Crippen molar-refractivity contribution in [2.75, 3.05) is 52.5 Å². The van der Waals surface area contributed by atoms with Gasteiger partial charge < -0.3 is 19.4 Å². The Bertz CT molecular complexity index is 1400. The van der Waals surface area contributed by atoms with Crippen LogP contribution in [0.2, 0.25) is 0 Å². The van der Waals surface area contributed by atoms with E-state index in [9.17, 15) is 147 Å². The van der Waals surface area contributed by atoms with Crippen molar-refractivity contribution in [2.45, 2.75) is 103 Å². The van der Waals surface area contributed by atoms with Crippen molar-refractivity contribution in [3.63, 3.8) is 0 Å². The number of halogens is 27. The molecule has 0 aromatic heterocycles. The highest BCUT2D eigenvalue weighted by molar-refractivity contribution is 5.90. The van der Waals surface area contributed by atoms with Crippen molar-refractivity contribution in [2.24, 2.45) is 5.41 Å². The van der Waals surface area contributed by atoms with Crippen molar-refractivity contribution in [1.82, 2.24) is 14.7 Å². The number of amides is 3. The number of ether oxygens (including phenoxy) is 1. The topological polar surface area (TPSA) is 121 Å². The van der Waals surface area contributed by atoms with Crippen LogP contribution in [0, 0.1) is 5.41 Å². The Balaban J connectivity index is -0.000000544. The first-order chi connectivity index (χ1) is 29.7. The van der Waals surface area contributed by atoms with E-state index in [0.717, 1.165) is 0 Å². The Hall–Kier alpha value is -4.51. The highest BCUT2D eigenvalue weighted by Crippen LogP contribution is 2.48. The van der Waals surface area contributed by atoms with Gasteiger partial charge in [-0.2, -0.15) is 119 Å². The van der Waals surface area contributed by atoms with Crippen LogP contribution >= 0.6 is 0 Å². The zero-order chi connectivity index (χ0) is 55.7. The molecule has 0 radical (unpaired) electrons. The van der Waals surface area contributed by atoms with Gasteiger partial charge in [0.2, 0.25) is 17.7 Å². The van der Waals surface area contributed by atoms with Crippen LogP contribution in [0.25, 0.3) is 0 Å². The molecule has 37 heteroatoms. The van der Waals surface area contributed by atoms with Gasteiger partial charge in [0.1, 0.15) is 19.7 Å². The summed E-state index contributed by atoms with van der Waals surface area (Å²) in [6.07, 6.45) is -58.5. The van der Waals surface area contributed by atoms with E-state index in [1.54, 1.807) is 27.7 Å². The van der Waals surface area contributed by atoms with E-state index in [1.807, 2.05) is 0 Å². The van der Waals surface area contributed by atoms with Crippen LogP contribution < -0.4 is 0 Å². The molecule has 0 heterocycles. The second-order valence-electron chi connectivity index (χ2n) is 12.7. The summed E-state index contributed by atoms with van der Waals surface area (Å²) < 4.78 is 318. The normalized spacial score (nSPS) is 13.1. The first-order valence-electron chi connectivity index (χ1n) is 17.3. The molecule has 0 aromatic carbocycles. The van der Waals surface area contributed by atoms with Crippen molar-refractivity contribution < 1.29 is 152 Å². The van der Waals surface area contributed by atoms with Gasteiger partial charge in [-0.05, 0) is 27.7 Å². The summed E-state index contributed by atoms with van der Waals surface area (Å²) in [6.45, 7) is 3.27. The maximum absolute atomic E-state index is 13.0. The Morgan fingerprint density at radius 2 is 0.544 bits per heavy atom. The lowest BCUT2D eigenvalue weighted by Crippen LogP contribution is -2.49. The summed E-state index contributed by atoms with van der Waals surface area (Å²) in [5.41, 5.74) is -3.48. The molecule has 0 aliphatic rings. The summed E-state index contributed by atoms with van der Waals surface area (Å²) in [6, 6.07) is 0. The second-order valence-corrected chi connectivity index (χ2v) is 12.7. The first-order valence-corrected chi connectivity index (χ1v) is 17.3. The fourth-order valence-electron chi connectivity index (χ4n) is 4.46. The number of carbonyl (C=O) groups is 6. The van der Waals surface area contributed by atoms with E-state index in [2.05, 4.69) is 0 Å². The highest BCUT2D eigenvalue weighted by atomic mass is 19.4. The smallest absolute Gasteiger partial charge is 0.371 e. The Morgan fingerprint density at radius 3 is 0.691 bits per heavy atom. The van der Waals surface area contributed by atoms with Gasteiger partial charge in [0.25, 0.3) is 0 Å². The number of hydrogen-bond donors (Lipinski definition) is 0. The van der Waals surface area contributed by atoms with E-state index < -0.39 is 142 Å². The Labute approximate surface area is 363 Å². The van der Waals surface area contributed by atoms with Crippen LogP contribution in [-0.4, -0.2) is 158 Å². The van der Waals surface area contributed by atoms with Crippen LogP contribution in [-0.2, 0) is 33.5 Å². The van der Waals surface area contributed by atoms with Crippen molar-refractivity contribution in [3.8, 4) is 0 Å². The monoisotopic (exact) mass is 1070 g/mol. The number of alkyl halides is 27. The average Bonchev–Trinajstić information content (AvgIpc) is 3.07. The summed E-state index contributed by atoms with van der Waals surface area (Å²) in [7, 11) is 0. The SMILES string of the molecule is CCN(CC)C(=O)CN(CC(=O)N(CC)CC)C(=O)COCC(CC(F)(F)F)(CC(F)(F)F)CC(F)(F)F.O=C(C(F)(F)F)C(F)(F)F.O=C(C(F)(F)F)C(F)(F)F.O=C(C(F)(F)F)C(F)(F)F. The molecular weight excluding hydrogens is 1040 g/mol. The quantitative estimate of drug-likeness (QED) is 0.150. The van der Waals surface area contributed by atoms with Gasteiger partial charge in [-0.3, -0.25) is 28.8 Å². The fourth-order valence-corrected chi connectivity index (χ4v) is 4.46. The molecule has 0 aromatic rings. The molecule has 0 bridgehead atoms. The lowest BCUT2D eigenvalue weighted by molar-refractivity contribution is -0.235. The minimum absolute atomic E-state index is 0.243. The van der Waals surface area contributed by atoms with Gasteiger partial charge in [0.15, 0.2) is 0 Å².